The summed E-state index contributed by atoms with van der Waals surface area (Å²) < 4.78 is 12.1. The fourth-order valence-corrected chi connectivity index (χ4v) is 5.42. The smallest absolute Gasteiger partial charge is 0.335 e. The van der Waals surface area contributed by atoms with E-state index < -0.39 is 18.2 Å². The van der Waals surface area contributed by atoms with Crippen LogP contribution in [0, 0.1) is 0 Å². The average Bonchev–Trinajstić information content (AvgIpc) is 3.60. The molecule has 1 amide bonds. The van der Waals surface area contributed by atoms with Crippen molar-refractivity contribution in [2.24, 2.45) is 0 Å². The number of amides is 1. The standard InChI is InChI=1S/C29H36N2O5.ClH/c1-18(31-28(32)26-5-3-15-35-26)27(21-10-8-20(9-11-21)19-6-7-19)36-23-12-13-24(29(33)34)25(16-23)22-4-2-14-30-17-22;/h8-13,16,18-19,22,26-27,30H,2-7,14-15,17H2,1H3,(H,31,32)(H,33,34);1H/t18-,22+,26-,27-;/m0./s1. The van der Waals surface area contributed by atoms with Gasteiger partial charge in [-0.3, -0.25) is 4.79 Å². The maximum absolute atomic E-state index is 12.8. The van der Waals surface area contributed by atoms with Crippen molar-refractivity contribution in [1.82, 2.24) is 10.6 Å². The molecule has 2 saturated heterocycles. The Labute approximate surface area is 224 Å². The Morgan fingerprint density at radius 1 is 1.05 bits per heavy atom. The third-order valence-electron chi connectivity index (χ3n) is 7.61. The highest BCUT2D eigenvalue weighted by Crippen LogP contribution is 2.40. The number of piperidine rings is 1. The molecule has 0 radical (unpaired) electrons. The lowest BCUT2D eigenvalue weighted by Gasteiger charge is -2.29. The van der Waals surface area contributed by atoms with E-state index >= 15 is 0 Å². The van der Waals surface area contributed by atoms with Crippen molar-refractivity contribution in [3.63, 3.8) is 0 Å². The lowest BCUT2D eigenvalue weighted by atomic mass is 9.88. The van der Waals surface area contributed by atoms with Crippen LogP contribution < -0.4 is 15.4 Å². The van der Waals surface area contributed by atoms with Crippen LogP contribution in [0.2, 0.25) is 0 Å². The van der Waals surface area contributed by atoms with Crippen LogP contribution in [0.4, 0.5) is 0 Å². The molecule has 2 heterocycles. The van der Waals surface area contributed by atoms with Crippen molar-refractivity contribution in [2.45, 2.75) is 75.5 Å². The summed E-state index contributed by atoms with van der Waals surface area (Å²) in [5.74, 6) is 0.353. The molecule has 2 aliphatic heterocycles. The van der Waals surface area contributed by atoms with Crippen LogP contribution in [0.25, 0.3) is 0 Å². The summed E-state index contributed by atoms with van der Waals surface area (Å²) in [7, 11) is 0. The van der Waals surface area contributed by atoms with Gasteiger partial charge in [0.2, 0.25) is 5.91 Å². The molecule has 2 aromatic rings. The second kappa shape index (κ2) is 12.3. The molecule has 4 atom stereocenters. The minimum absolute atomic E-state index is 0. The SMILES string of the molecule is C[C@H](NC(=O)[C@@H]1CCCO1)[C@H](Oc1ccc(C(=O)O)c([C@@H]2CCCNC2)c1)c1ccc(C2CC2)cc1.Cl. The first-order valence-electron chi connectivity index (χ1n) is 13.3. The van der Waals surface area contributed by atoms with E-state index in [1.54, 1.807) is 12.1 Å². The molecule has 3 aliphatic rings. The third kappa shape index (κ3) is 6.64. The largest absolute Gasteiger partial charge is 0.484 e. The quantitative estimate of drug-likeness (QED) is 0.426. The van der Waals surface area contributed by atoms with Gasteiger partial charge in [0.1, 0.15) is 18.0 Å². The average molecular weight is 529 g/mol. The first-order chi connectivity index (χ1) is 17.5. The van der Waals surface area contributed by atoms with Crippen molar-refractivity contribution in [1.29, 1.82) is 0 Å². The zero-order chi connectivity index (χ0) is 25.1. The molecule has 5 rings (SSSR count). The predicted octanol–water partition coefficient (Wildman–Crippen LogP) is 4.95. The topological polar surface area (TPSA) is 96.9 Å². The maximum Gasteiger partial charge on any atom is 0.335 e. The van der Waals surface area contributed by atoms with Crippen LogP contribution in [0.3, 0.4) is 0 Å². The lowest BCUT2D eigenvalue weighted by molar-refractivity contribution is -0.131. The first kappa shape index (κ1) is 27.4. The number of hydrogen-bond donors (Lipinski definition) is 3. The van der Waals surface area contributed by atoms with Gasteiger partial charge in [-0.2, -0.15) is 0 Å². The van der Waals surface area contributed by atoms with Crippen molar-refractivity contribution in [2.75, 3.05) is 19.7 Å². The first-order valence-corrected chi connectivity index (χ1v) is 13.3. The van der Waals surface area contributed by atoms with Gasteiger partial charge in [-0.05, 0) is 98.7 Å². The Morgan fingerprint density at radius 3 is 2.46 bits per heavy atom. The number of aromatic carboxylic acids is 1. The second-order valence-corrected chi connectivity index (χ2v) is 10.4. The van der Waals surface area contributed by atoms with E-state index in [1.165, 1.54) is 18.4 Å². The van der Waals surface area contributed by atoms with Crippen LogP contribution >= 0.6 is 12.4 Å². The van der Waals surface area contributed by atoms with Gasteiger partial charge in [0.05, 0.1) is 11.6 Å². The molecule has 7 nitrogen and oxygen atoms in total. The number of carboxylic acids is 1. The van der Waals surface area contributed by atoms with Gasteiger partial charge in [0.15, 0.2) is 0 Å². The summed E-state index contributed by atoms with van der Waals surface area (Å²) in [6.45, 7) is 4.27. The summed E-state index contributed by atoms with van der Waals surface area (Å²) in [5, 5.41) is 16.3. The van der Waals surface area contributed by atoms with Crippen LogP contribution in [0.5, 0.6) is 5.75 Å². The van der Waals surface area contributed by atoms with Gasteiger partial charge in [-0.15, -0.1) is 12.4 Å². The van der Waals surface area contributed by atoms with Crippen molar-refractivity contribution < 1.29 is 24.2 Å². The normalized spacial score (nSPS) is 22.9. The Balaban J connectivity index is 0.00000320. The summed E-state index contributed by atoms with van der Waals surface area (Å²) in [5.41, 5.74) is 3.43. The monoisotopic (exact) mass is 528 g/mol. The number of carbonyl (C=O) groups excluding carboxylic acids is 1. The van der Waals surface area contributed by atoms with E-state index in [4.69, 9.17) is 9.47 Å². The molecule has 0 aromatic heterocycles. The fourth-order valence-electron chi connectivity index (χ4n) is 5.42. The zero-order valence-corrected chi connectivity index (χ0v) is 22.1. The van der Waals surface area contributed by atoms with E-state index in [0.717, 1.165) is 49.9 Å². The number of benzene rings is 2. The molecule has 200 valence electrons. The highest BCUT2D eigenvalue weighted by molar-refractivity contribution is 5.90. The maximum atomic E-state index is 12.8. The molecule has 37 heavy (non-hydrogen) atoms. The van der Waals surface area contributed by atoms with Gasteiger partial charge in [-0.25, -0.2) is 4.79 Å². The Kier molecular flexibility index (Phi) is 9.11. The number of halogens is 1. The van der Waals surface area contributed by atoms with Gasteiger partial charge in [-0.1, -0.05) is 24.3 Å². The third-order valence-corrected chi connectivity index (χ3v) is 7.61. The van der Waals surface area contributed by atoms with Gasteiger partial charge >= 0.3 is 5.97 Å². The summed E-state index contributed by atoms with van der Waals surface area (Å²) in [4.78, 5) is 24.8. The lowest BCUT2D eigenvalue weighted by Crippen LogP contribution is -2.44. The highest BCUT2D eigenvalue weighted by Gasteiger charge is 2.30. The van der Waals surface area contributed by atoms with Crippen molar-refractivity contribution in [3.05, 3.63) is 64.7 Å². The van der Waals surface area contributed by atoms with E-state index in [1.807, 2.05) is 13.0 Å². The molecule has 0 spiro atoms. The van der Waals surface area contributed by atoms with E-state index in [2.05, 4.69) is 34.9 Å². The number of carbonyl (C=O) groups is 2. The number of ether oxygens (including phenoxy) is 2. The molecule has 8 heteroatoms. The number of hydrogen-bond acceptors (Lipinski definition) is 5. The molecule has 1 saturated carbocycles. The van der Waals surface area contributed by atoms with E-state index in [0.29, 0.717) is 23.8 Å². The van der Waals surface area contributed by atoms with E-state index in [9.17, 15) is 14.7 Å². The number of carboxylic acid groups (broad SMARTS) is 1. The summed E-state index contributed by atoms with van der Waals surface area (Å²) in [6, 6.07) is 13.4. The van der Waals surface area contributed by atoms with E-state index in [-0.39, 0.29) is 30.3 Å². The predicted molar refractivity (Wildman–Crippen MR) is 144 cm³/mol. The van der Waals surface area contributed by atoms with Crippen LogP contribution in [0.1, 0.15) is 90.4 Å². The number of nitrogens with one attached hydrogen (secondary N) is 2. The minimum atomic E-state index is -0.925. The Hall–Kier alpha value is -2.61. The fraction of sp³-hybridized carbons (Fsp3) is 0.517. The molecule has 1 aliphatic carbocycles. The number of rotatable bonds is 9. The zero-order valence-electron chi connectivity index (χ0n) is 21.3. The van der Waals surface area contributed by atoms with Crippen molar-refractivity contribution >= 4 is 24.3 Å². The molecular formula is C29H37ClN2O5. The molecule has 0 unspecified atom stereocenters. The van der Waals surface area contributed by atoms with Gasteiger partial charge in [0.25, 0.3) is 0 Å². The molecule has 3 N–H and O–H groups in total. The van der Waals surface area contributed by atoms with Crippen LogP contribution in [-0.4, -0.2) is 48.8 Å². The second-order valence-electron chi connectivity index (χ2n) is 10.4. The van der Waals surface area contributed by atoms with Gasteiger partial charge in [0, 0.05) is 13.2 Å². The molecular weight excluding hydrogens is 492 g/mol. The van der Waals surface area contributed by atoms with Crippen molar-refractivity contribution in [3.8, 4) is 5.75 Å². The molecule has 3 fully saturated rings. The molecule has 0 bridgehead atoms. The van der Waals surface area contributed by atoms with Crippen LogP contribution in [-0.2, 0) is 9.53 Å². The van der Waals surface area contributed by atoms with Gasteiger partial charge < -0.3 is 25.2 Å². The summed E-state index contributed by atoms with van der Waals surface area (Å²) >= 11 is 0. The highest BCUT2D eigenvalue weighted by atomic mass is 35.5. The Morgan fingerprint density at radius 2 is 1.84 bits per heavy atom. The Bertz CT molecular complexity index is 1080. The van der Waals surface area contributed by atoms with Crippen LogP contribution in [0.15, 0.2) is 42.5 Å². The minimum Gasteiger partial charge on any atom is -0.484 e. The summed E-state index contributed by atoms with van der Waals surface area (Å²) in [6.07, 6.45) is 5.21. The molecule has 2 aromatic carbocycles.